The lowest BCUT2D eigenvalue weighted by Gasteiger charge is -2.13. The fourth-order valence-corrected chi connectivity index (χ4v) is 13.0. The van der Waals surface area contributed by atoms with Gasteiger partial charge in [-0.05, 0) is 188 Å². The van der Waals surface area contributed by atoms with Crippen molar-refractivity contribution >= 4 is 180 Å². The number of amides is 2. The van der Waals surface area contributed by atoms with Crippen LogP contribution in [0.5, 0.6) is 0 Å². The number of aliphatic carboxylic acids is 9. The van der Waals surface area contributed by atoms with Crippen LogP contribution in [-0.4, -0.2) is 214 Å². The van der Waals surface area contributed by atoms with Crippen LogP contribution in [-0.2, 0) is 86.2 Å². The zero-order valence-electron chi connectivity index (χ0n) is 79.8. The zero-order chi connectivity index (χ0) is 106. The van der Waals surface area contributed by atoms with Crippen molar-refractivity contribution in [1.29, 1.82) is 0 Å². The molecule has 0 heterocycles. The van der Waals surface area contributed by atoms with Crippen molar-refractivity contribution in [3.63, 3.8) is 0 Å². The number of hydrogen-bond donors (Lipinski definition) is 13. The first-order chi connectivity index (χ1) is 64.6. The van der Waals surface area contributed by atoms with Crippen molar-refractivity contribution < 1.29 is 152 Å². The van der Waals surface area contributed by atoms with Crippen molar-refractivity contribution in [3.8, 4) is 0 Å². The highest BCUT2D eigenvalue weighted by Crippen LogP contribution is 2.19. The van der Waals surface area contributed by atoms with Gasteiger partial charge >= 0.3 is 71.6 Å². The summed E-state index contributed by atoms with van der Waals surface area (Å²) in [6.07, 6.45) is 32.2. The van der Waals surface area contributed by atoms with Gasteiger partial charge in [-0.2, -0.15) is 0 Å². The highest BCUT2D eigenvalue weighted by Gasteiger charge is 2.17. The number of benzene rings is 2. The number of hydrogen-bond acceptors (Lipinski definition) is 25. The Morgan fingerprint density at radius 3 is 0.934 bits per heavy atom. The number of carbonyl (C=O) groups is 19. The minimum Gasteiger partial charge on any atom is -0.481 e. The maximum atomic E-state index is 11.2. The third-order valence-electron chi connectivity index (χ3n) is 16.7. The molecule has 13 N–H and O–H groups in total. The van der Waals surface area contributed by atoms with E-state index in [-0.39, 0.29) is 114 Å². The molecule has 2 aromatic rings. The summed E-state index contributed by atoms with van der Waals surface area (Å²) in [6, 6.07) is 13.2. The largest absolute Gasteiger partial charge is 0.481 e. The molecule has 768 valence electrons. The number of thioether (sulfide) groups is 5. The van der Waals surface area contributed by atoms with Crippen LogP contribution in [0.4, 0.5) is 0 Å². The SMILES string of the molecule is C=C(C)C(=O)NCCC(=O)O.C=C(C)C(=O)SCCCCC(=O)O.C=C(C)C(=O)SCCCCCCC(=O)O.C=C(C)C(=O)SCCCCCCCCC(=O)O.C=CC(=O)NCCCCC(=O)O.C=CC(=O)OCC(CCCC(=O)O)CC(=O)O.C=CC(=O)SCCCCCCC(=O)O.C=CC(=O)SCCCCCCCCC(=O)O.C=Cc1ccc(C(=O)O)cc1.C=Cc1cccc(C(=O)O)c1. The summed E-state index contributed by atoms with van der Waals surface area (Å²) in [4.78, 5) is 200. The summed E-state index contributed by atoms with van der Waals surface area (Å²) < 4.78 is 4.74. The minimum absolute atomic E-state index is 0.00433. The number of carboxylic acids is 11. The molecule has 38 heteroatoms. The van der Waals surface area contributed by atoms with Crippen LogP contribution in [0.25, 0.3) is 12.2 Å². The van der Waals surface area contributed by atoms with Gasteiger partial charge in [0.05, 0.1) is 30.6 Å². The van der Waals surface area contributed by atoms with Crippen LogP contribution in [0.3, 0.4) is 0 Å². The van der Waals surface area contributed by atoms with Crippen molar-refractivity contribution in [2.75, 3.05) is 48.5 Å². The van der Waals surface area contributed by atoms with Gasteiger partial charge in [-0.3, -0.25) is 76.7 Å². The van der Waals surface area contributed by atoms with Crippen molar-refractivity contribution in [3.05, 3.63) is 183 Å². The summed E-state index contributed by atoms with van der Waals surface area (Å²) in [5.74, 6) is -6.62. The standard InChI is InChI=1S/C13H22O3S.C12H20O3S.C11H16O6.C11H18O3S.C10H16O3S.C9H14O3S.2C9H8O2.C8H13NO3.C7H11NO3/c1-11(2)13(16)17-10-8-6-4-3-5-7-9-12(14)15;1-2-12(15)16-10-8-6-4-3-5-7-9-11(13)14;1-2-11(16)17-7-8(6-10(14)15)4-3-5-9(12)13;1-9(2)11(14)15-8-6-4-3-5-7-10(12)13;1-2-10(13)14-8-6-4-3-5-7-9(11)12;1-7(2)9(12)13-6-4-3-5-8(10)11;1-2-7-3-5-8(6-4-7)9(10)11;1-2-7-4-3-5-8(6-7)9(10)11;1-2-7(10)9-6-4-3-5-8(11)12;1-5(2)7(11)8-4-3-6(9)10/h1,3-10H2,2H3,(H,14,15);2H,1,3-10H2,(H,13,14);2,8H,1,3-7H2,(H,12,13)(H,14,15);1,3-8H2,2H3,(H,12,13);2H,1,3-8H2,(H,11,12);1,3-6H2,2H3,(H,10,11);2*2-6H,1H2,(H,10,11);2H,1,3-6H2,(H,9,10)(H,11,12);1,3-4H2,2H3,(H,8,11)(H,9,10). The Kier molecular flexibility index (Phi) is 103. The van der Waals surface area contributed by atoms with E-state index in [2.05, 4.69) is 76.4 Å². The number of esters is 1. The molecular formula is C99H146N2O31S5. The highest BCUT2D eigenvalue weighted by molar-refractivity contribution is 8.15. The van der Waals surface area contributed by atoms with Gasteiger partial charge in [0.25, 0.3) is 0 Å². The molecule has 2 aromatic carbocycles. The Balaban J connectivity index is -0.000000226. The molecule has 33 nitrogen and oxygen atoms in total. The quantitative estimate of drug-likeness (QED) is 0.0166. The van der Waals surface area contributed by atoms with E-state index in [9.17, 15) is 91.1 Å². The van der Waals surface area contributed by atoms with Crippen LogP contribution in [0, 0.1) is 5.92 Å². The average molecular weight is 2020 g/mol. The Hall–Kier alpha value is -11.5. The molecule has 1 atom stereocenters. The second-order valence-corrected chi connectivity index (χ2v) is 34.8. The Bertz CT molecular complexity index is 4040. The molecule has 0 saturated heterocycles. The van der Waals surface area contributed by atoms with E-state index in [1.165, 1.54) is 77.0 Å². The van der Waals surface area contributed by atoms with Crippen molar-refractivity contribution in [1.82, 2.24) is 10.6 Å². The molecule has 0 aliphatic rings. The van der Waals surface area contributed by atoms with Crippen LogP contribution < -0.4 is 10.6 Å². The number of nitrogens with one attached hydrogen (secondary N) is 2. The van der Waals surface area contributed by atoms with E-state index < -0.39 is 71.6 Å². The number of carbonyl (C=O) groups excluding carboxylic acids is 8. The maximum absolute atomic E-state index is 11.2. The summed E-state index contributed by atoms with van der Waals surface area (Å²) in [5.41, 5.74) is 4.48. The first-order valence-corrected chi connectivity index (χ1v) is 49.1. The number of unbranched alkanes of at least 4 members (excludes halogenated alkanes) is 18. The van der Waals surface area contributed by atoms with E-state index >= 15 is 0 Å². The van der Waals surface area contributed by atoms with Crippen LogP contribution in [0.15, 0.2) is 161 Å². The molecule has 1 unspecified atom stereocenters. The fourth-order valence-electron chi connectivity index (χ4n) is 9.31. The lowest BCUT2D eigenvalue weighted by molar-refractivity contribution is -0.144. The molecule has 2 amide bonds. The van der Waals surface area contributed by atoms with Crippen LogP contribution >= 0.6 is 58.8 Å². The number of aromatic carboxylic acids is 2. The van der Waals surface area contributed by atoms with Gasteiger partial charge < -0.3 is 71.5 Å². The zero-order valence-corrected chi connectivity index (χ0v) is 83.8. The molecule has 0 fully saturated rings. The van der Waals surface area contributed by atoms with Gasteiger partial charge in [0.15, 0.2) is 0 Å². The van der Waals surface area contributed by atoms with E-state index in [0.29, 0.717) is 77.8 Å². The maximum Gasteiger partial charge on any atom is 0.335 e. The normalized spacial score (nSPS) is 9.81. The molecule has 0 aromatic heterocycles. The van der Waals surface area contributed by atoms with Crippen LogP contribution in [0.1, 0.15) is 284 Å². The van der Waals surface area contributed by atoms with Gasteiger partial charge in [-0.25, -0.2) is 14.4 Å². The van der Waals surface area contributed by atoms with E-state index in [1.54, 1.807) is 88.4 Å². The molecule has 0 aliphatic heterocycles. The highest BCUT2D eigenvalue weighted by atomic mass is 32.2. The topological polar surface area (TPSA) is 580 Å². The lowest BCUT2D eigenvalue weighted by atomic mass is 9.99. The average Bonchev–Trinajstić information content (AvgIpc) is 0.925. The molecular weight excluding hydrogens is 1870 g/mol. The lowest BCUT2D eigenvalue weighted by Crippen LogP contribution is -2.26. The summed E-state index contributed by atoms with van der Waals surface area (Å²) in [6.45, 7) is 41.8. The van der Waals surface area contributed by atoms with E-state index in [0.717, 1.165) is 175 Å². The third kappa shape index (κ3) is 119. The molecule has 0 aliphatic carbocycles. The molecule has 137 heavy (non-hydrogen) atoms. The molecule has 0 spiro atoms. The first kappa shape index (κ1) is 141. The Morgan fingerprint density at radius 1 is 0.321 bits per heavy atom. The third-order valence-corrected chi connectivity index (χ3v) is 21.9. The minimum atomic E-state index is -1.00. The number of ether oxygens (including phenoxy) is 1. The molecule has 0 radical (unpaired) electrons. The summed E-state index contributed by atoms with van der Waals surface area (Å²) in [7, 11) is 0. The van der Waals surface area contributed by atoms with E-state index in [4.69, 9.17) is 60.9 Å². The molecule has 0 saturated carbocycles. The van der Waals surface area contributed by atoms with Crippen molar-refractivity contribution in [2.45, 2.75) is 252 Å². The number of rotatable bonds is 65. The Labute approximate surface area is 827 Å². The van der Waals surface area contributed by atoms with Gasteiger partial charge in [-0.15, -0.1) is 0 Å². The monoisotopic (exact) mass is 2020 g/mol. The Morgan fingerprint density at radius 2 is 0.635 bits per heavy atom. The predicted molar refractivity (Wildman–Crippen MR) is 545 cm³/mol. The predicted octanol–water partition coefficient (Wildman–Crippen LogP) is 20.1. The molecule has 2 rings (SSSR count). The van der Waals surface area contributed by atoms with Crippen molar-refractivity contribution in [2.24, 2.45) is 5.92 Å². The summed E-state index contributed by atoms with van der Waals surface area (Å²) in [5, 5.41) is 97.7. The van der Waals surface area contributed by atoms with Gasteiger partial charge in [-0.1, -0.05) is 238 Å². The van der Waals surface area contributed by atoms with Gasteiger partial charge in [0.2, 0.25) is 37.4 Å². The van der Waals surface area contributed by atoms with Crippen LogP contribution in [0.2, 0.25) is 0 Å². The fraction of sp³-hybridized carbons (Fsp3) is 0.485. The molecule has 0 bridgehead atoms. The summed E-state index contributed by atoms with van der Waals surface area (Å²) >= 11 is 6.42. The van der Waals surface area contributed by atoms with Gasteiger partial charge in [0, 0.05) is 104 Å². The van der Waals surface area contributed by atoms with E-state index in [1.807, 2.05) is 0 Å². The number of carboxylic acid groups (broad SMARTS) is 11. The first-order valence-electron chi connectivity index (χ1n) is 44.1. The van der Waals surface area contributed by atoms with Gasteiger partial charge in [0.1, 0.15) is 0 Å². The smallest absolute Gasteiger partial charge is 0.335 e. The second-order valence-electron chi connectivity index (χ2n) is 29.4. The second kappa shape index (κ2) is 100.